The van der Waals surface area contributed by atoms with Gasteiger partial charge in [-0.05, 0) is 66.0 Å². The molecule has 2 amide bonds. The number of amides is 2. The molecule has 0 N–H and O–H groups in total. The van der Waals surface area contributed by atoms with Gasteiger partial charge in [-0.2, -0.15) is 11.3 Å². The van der Waals surface area contributed by atoms with E-state index in [4.69, 9.17) is 0 Å². The Kier molecular flexibility index (Phi) is 4.94. The molecule has 5 heteroatoms. The maximum absolute atomic E-state index is 12.8. The van der Waals surface area contributed by atoms with Gasteiger partial charge in [0.15, 0.2) is 0 Å². The van der Waals surface area contributed by atoms with Crippen molar-refractivity contribution < 1.29 is 9.59 Å². The average molecular weight is 409 g/mol. The van der Waals surface area contributed by atoms with Crippen molar-refractivity contribution in [2.24, 2.45) is 0 Å². The lowest BCUT2D eigenvalue weighted by atomic mass is 9.73. The smallest absolute Gasteiger partial charge is 0.254 e. The summed E-state index contributed by atoms with van der Waals surface area (Å²) in [6.45, 7) is 3.46. The van der Waals surface area contributed by atoms with E-state index in [1.807, 2.05) is 21.7 Å². The number of carbonyl (C=O) groups excluding carboxylic acids is 2. The van der Waals surface area contributed by atoms with Gasteiger partial charge in [-0.1, -0.05) is 24.3 Å². The lowest BCUT2D eigenvalue weighted by molar-refractivity contribution is -0.130. The fourth-order valence-corrected chi connectivity index (χ4v) is 6.33. The van der Waals surface area contributed by atoms with E-state index in [0.717, 1.165) is 63.8 Å². The number of likely N-dealkylation sites (tertiary alicyclic amines) is 2. The van der Waals surface area contributed by atoms with E-state index in [1.54, 1.807) is 11.3 Å². The van der Waals surface area contributed by atoms with Crippen LogP contribution >= 0.6 is 11.3 Å². The molecule has 0 bridgehead atoms. The number of rotatable bonds is 3. The van der Waals surface area contributed by atoms with Gasteiger partial charge < -0.3 is 9.80 Å². The van der Waals surface area contributed by atoms with Crippen molar-refractivity contribution in [3.63, 3.8) is 0 Å². The summed E-state index contributed by atoms with van der Waals surface area (Å²) in [6.07, 6.45) is 5.96. The third-order valence-corrected chi connectivity index (χ3v) is 7.95. The van der Waals surface area contributed by atoms with Gasteiger partial charge in [0, 0.05) is 38.0 Å². The van der Waals surface area contributed by atoms with Gasteiger partial charge in [0.1, 0.15) is 0 Å². The van der Waals surface area contributed by atoms with E-state index in [9.17, 15) is 9.59 Å². The van der Waals surface area contributed by atoms with Gasteiger partial charge >= 0.3 is 0 Å². The number of hydrogen-bond acceptors (Lipinski definition) is 3. The lowest BCUT2D eigenvalue weighted by Crippen LogP contribution is -2.44. The highest BCUT2D eigenvalue weighted by Gasteiger charge is 2.46. The lowest BCUT2D eigenvalue weighted by Gasteiger charge is -2.40. The summed E-state index contributed by atoms with van der Waals surface area (Å²) in [5.74, 6) is 0.802. The second-order valence-electron chi connectivity index (χ2n) is 8.86. The Morgan fingerprint density at radius 2 is 1.76 bits per heavy atom. The third kappa shape index (κ3) is 3.39. The van der Waals surface area contributed by atoms with Crippen LogP contribution in [0.4, 0.5) is 0 Å². The predicted molar refractivity (Wildman–Crippen MR) is 115 cm³/mol. The Labute approximate surface area is 176 Å². The minimum Gasteiger partial charge on any atom is -0.343 e. The molecule has 29 heavy (non-hydrogen) atoms. The van der Waals surface area contributed by atoms with Crippen LogP contribution in [0.5, 0.6) is 0 Å². The molecule has 2 aliphatic heterocycles. The molecule has 2 aromatic rings. The molecule has 152 valence electrons. The first-order valence-corrected chi connectivity index (χ1v) is 11.8. The first-order chi connectivity index (χ1) is 14.2. The van der Waals surface area contributed by atoms with Crippen LogP contribution in [0, 0.1) is 0 Å². The van der Waals surface area contributed by atoms with Crippen molar-refractivity contribution >= 4 is 23.2 Å². The molecule has 1 aromatic heterocycles. The number of piperidine rings is 1. The van der Waals surface area contributed by atoms with E-state index < -0.39 is 0 Å². The van der Waals surface area contributed by atoms with Crippen molar-refractivity contribution in [1.82, 2.24) is 9.80 Å². The molecule has 5 rings (SSSR count). The molecule has 1 spiro atoms. The number of benzene rings is 1. The zero-order valence-electron chi connectivity index (χ0n) is 16.8. The monoisotopic (exact) mass is 408 g/mol. The van der Waals surface area contributed by atoms with Gasteiger partial charge in [0.25, 0.3) is 5.91 Å². The standard InChI is InChI=1S/C24H28N2O2S/c27-22(25-10-3-4-11-25)15-19-16-24(21-6-2-1-5-20(19)21)8-12-26(13-9-24)23(28)18-7-14-29-17-18/h1-2,5-7,14,17,19H,3-4,8-13,15-16H2/t19-/m0/s1. The Bertz CT molecular complexity index is 893. The van der Waals surface area contributed by atoms with Crippen LogP contribution in [0.1, 0.15) is 65.9 Å². The second-order valence-corrected chi connectivity index (χ2v) is 9.64. The molecular weight excluding hydrogens is 380 g/mol. The van der Waals surface area contributed by atoms with Crippen molar-refractivity contribution in [2.75, 3.05) is 26.2 Å². The molecule has 0 saturated carbocycles. The predicted octanol–water partition coefficient (Wildman–Crippen LogP) is 4.42. The van der Waals surface area contributed by atoms with Crippen LogP contribution in [0.2, 0.25) is 0 Å². The van der Waals surface area contributed by atoms with Crippen molar-refractivity contribution in [2.45, 2.75) is 49.9 Å². The summed E-state index contributed by atoms with van der Waals surface area (Å²) in [6, 6.07) is 10.7. The Hall–Kier alpha value is -2.14. The van der Waals surface area contributed by atoms with Crippen molar-refractivity contribution in [3.05, 3.63) is 57.8 Å². The van der Waals surface area contributed by atoms with E-state index in [0.29, 0.717) is 18.2 Å². The van der Waals surface area contributed by atoms with Crippen LogP contribution in [-0.2, 0) is 10.2 Å². The topological polar surface area (TPSA) is 40.6 Å². The zero-order valence-corrected chi connectivity index (χ0v) is 17.6. The van der Waals surface area contributed by atoms with Gasteiger partial charge in [-0.15, -0.1) is 0 Å². The molecule has 4 nitrogen and oxygen atoms in total. The maximum atomic E-state index is 12.8. The van der Waals surface area contributed by atoms with Gasteiger partial charge in [0.2, 0.25) is 5.91 Å². The van der Waals surface area contributed by atoms with E-state index in [-0.39, 0.29) is 11.3 Å². The molecule has 3 aliphatic rings. The zero-order chi connectivity index (χ0) is 19.8. The third-order valence-electron chi connectivity index (χ3n) is 7.26. The average Bonchev–Trinajstić information content (AvgIpc) is 3.51. The quantitative estimate of drug-likeness (QED) is 0.754. The van der Waals surface area contributed by atoms with Crippen LogP contribution in [0.3, 0.4) is 0 Å². The molecule has 1 aliphatic carbocycles. The number of thiophene rings is 1. The van der Waals surface area contributed by atoms with Crippen LogP contribution in [0.25, 0.3) is 0 Å². The first-order valence-electron chi connectivity index (χ1n) is 10.8. The molecule has 0 unspecified atom stereocenters. The molecule has 2 fully saturated rings. The summed E-state index contributed by atoms with van der Waals surface area (Å²) in [7, 11) is 0. The highest BCUT2D eigenvalue weighted by atomic mass is 32.1. The van der Waals surface area contributed by atoms with Crippen molar-refractivity contribution in [1.29, 1.82) is 0 Å². The number of hydrogen-bond donors (Lipinski definition) is 0. The Balaban J connectivity index is 1.32. The highest BCUT2D eigenvalue weighted by molar-refractivity contribution is 7.08. The molecular formula is C24H28N2O2S. The molecule has 2 saturated heterocycles. The fourth-order valence-electron chi connectivity index (χ4n) is 5.70. The summed E-state index contributed by atoms with van der Waals surface area (Å²) in [5.41, 5.74) is 3.74. The minimum atomic E-state index is 0.123. The van der Waals surface area contributed by atoms with Gasteiger partial charge in [-0.25, -0.2) is 0 Å². The van der Waals surface area contributed by atoms with E-state index in [1.165, 1.54) is 11.1 Å². The molecule has 1 aromatic carbocycles. The SMILES string of the molecule is O=C(C[C@H]1CC2(CCN(C(=O)c3ccsc3)CC2)c2ccccc21)N1CCCC1. The van der Waals surface area contributed by atoms with E-state index in [2.05, 4.69) is 29.2 Å². The van der Waals surface area contributed by atoms with Gasteiger partial charge in [-0.3, -0.25) is 9.59 Å². The van der Waals surface area contributed by atoms with Crippen molar-refractivity contribution in [3.8, 4) is 0 Å². The van der Waals surface area contributed by atoms with Gasteiger partial charge in [0.05, 0.1) is 5.56 Å². The highest BCUT2D eigenvalue weighted by Crippen LogP contribution is 2.52. The molecule has 1 atom stereocenters. The van der Waals surface area contributed by atoms with Crippen LogP contribution in [0.15, 0.2) is 41.1 Å². The summed E-state index contributed by atoms with van der Waals surface area (Å²) >= 11 is 1.57. The Morgan fingerprint density at radius 1 is 1.00 bits per heavy atom. The fraction of sp³-hybridized carbons (Fsp3) is 0.500. The summed E-state index contributed by atoms with van der Waals surface area (Å²) < 4.78 is 0. The normalized spacial score (nSPS) is 22.8. The molecule has 3 heterocycles. The number of fused-ring (bicyclic) bond motifs is 2. The largest absolute Gasteiger partial charge is 0.343 e. The van der Waals surface area contributed by atoms with E-state index >= 15 is 0 Å². The number of nitrogens with zero attached hydrogens (tertiary/aromatic N) is 2. The van der Waals surface area contributed by atoms with Crippen LogP contribution in [-0.4, -0.2) is 47.8 Å². The number of carbonyl (C=O) groups is 2. The maximum Gasteiger partial charge on any atom is 0.254 e. The summed E-state index contributed by atoms with van der Waals surface area (Å²) in [4.78, 5) is 29.6. The minimum absolute atomic E-state index is 0.123. The Morgan fingerprint density at radius 3 is 2.48 bits per heavy atom. The second kappa shape index (κ2) is 7.60. The van der Waals surface area contributed by atoms with Crippen LogP contribution < -0.4 is 0 Å². The first kappa shape index (κ1) is 18.9. The molecule has 0 radical (unpaired) electrons. The summed E-state index contributed by atoms with van der Waals surface area (Å²) in [5, 5.41) is 3.91.